The number of ether oxygens (including phenoxy) is 1. The van der Waals surface area contributed by atoms with Gasteiger partial charge in [-0.1, -0.05) is 84.9 Å². The van der Waals surface area contributed by atoms with Crippen LogP contribution in [0.5, 0.6) is 0 Å². The Morgan fingerprint density at radius 2 is 1.55 bits per heavy atom. The van der Waals surface area contributed by atoms with Gasteiger partial charge in [0.15, 0.2) is 16.3 Å². The number of nitrogens with one attached hydrogen (secondary N) is 1. The number of aliphatic hydroxyl groups is 1. The van der Waals surface area contributed by atoms with Crippen LogP contribution in [-0.2, 0) is 38.0 Å². The van der Waals surface area contributed by atoms with Crippen LogP contribution in [0.3, 0.4) is 0 Å². The lowest BCUT2D eigenvalue weighted by Gasteiger charge is -2.29. The highest BCUT2D eigenvalue weighted by Gasteiger charge is 2.52. The number of aromatic amines is 1. The van der Waals surface area contributed by atoms with E-state index in [1.165, 1.54) is 12.7 Å². The van der Waals surface area contributed by atoms with Crippen molar-refractivity contribution in [3.63, 3.8) is 0 Å². The van der Waals surface area contributed by atoms with E-state index in [9.17, 15) is 18.3 Å². The number of imidazole rings is 1. The van der Waals surface area contributed by atoms with Gasteiger partial charge in [0.05, 0.1) is 17.7 Å². The Kier molecular flexibility index (Phi) is 7.01. The number of nitrogens with zero attached hydrogens (tertiary/aromatic N) is 3. The molecule has 1 fully saturated rings. The van der Waals surface area contributed by atoms with Crippen molar-refractivity contribution in [1.82, 2.24) is 19.9 Å². The first-order chi connectivity index (χ1) is 21.3. The maximum absolute atomic E-state index is 13.8. The van der Waals surface area contributed by atoms with E-state index in [0.29, 0.717) is 18.4 Å². The van der Waals surface area contributed by atoms with Crippen LogP contribution in [0.4, 0.5) is 0 Å². The Labute approximate surface area is 254 Å². The van der Waals surface area contributed by atoms with Gasteiger partial charge in [-0.25, -0.2) is 28.2 Å². The van der Waals surface area contributed by atoms with Crippen LogP contribution in [0.1, 0.15) is 41.0 Å². The fourth-order valence-corrected chi connectivity index (χ4v) is 7.72. The lowest BCUT2D eigenvalue weighted by molar-refractivity contribution is -0.148. The third-order valence-corrected chi connectivity index (χ3v) is 10.0. The Bertz CT molecular complexity index is 1940. The first-order valence-corrected chi connectivity index (χ1v) is 16.2. The van der Waals surface area contributed by atoms with Gasteiger partial charge >= 0.3 is 5.97 Å². The van der Waals surface area contributed by atoms with Gasteiger partial charge in [0, 0.05) is 18.8 Å². The van der Waals surface area contributed by atoms with Gasteiger partial charge in [0.1, 0.15) is 17.6 Å². The van der Waals surface area contributed by atoms with E-state index in [1.54, 1.807) is 12.1 Å². The standard InChI is InChI=1S/C34H30N4O5S/c39-30-28(33(40)43-34(30,17-22-8-3-1-4-9-22)18-23-10-5-2-6-11-23)27(25-14-15-25)26-13-7-12-24(16-26)19-44(41,42)32-29-31(36-20-35-29)37-21-38-32/h1-13,16,20-21,25,27,39H,14-15,17-19H2,(H,35,36,37,38). The number of aliphatic hydroxyl groups excluding tert-OH is 1. The number of fused-ring (bicyclic) bond motifs is 1. The zero-order valence-corrected chi connectivity index (χ0v) is 24.6. The van der Waals surface area contributed by atoms with Crippen molar-refractivity contribution in [3.8, 4) is 0 Å². The number of carbonyl (C=O) groups is 1. The number of hydrogen-bond acceptors (Lipinski definition) is 8. The number of rotatable bonds is 10. The number of H-pyrrole nitrogens is 1. The molecule has 0 amide bonds. The van der Waals surface area contributed by atoms with Crippen LogP contribution >= 0.6 is 0 Å². The Morgan fingerprint density at radius 1 is 0.886 bits per heavy atom. The van der Waals surface area contributed by atoms with Crippen molar-refractivity contribution in [3.05, 3.63) is 131 Å². The highest BCUT2D eigenvalue weighted by Crippen LogP contribution is 2.51. The fraction of sp³-hybridized carbons (Fsp3) is 0.235. The molecule has 0 bridgehead atoms. The number of sulfone groups is 1. The zero-order valence-electron chi connectivity index (χ0n) is 23.8. The second kappa shape index (κ2) is 11.0. The summed E-state index contributed by atoms with van der Waals surface area (Å²) in [6, 6.07) is 26.6. The molecular weight excluding hydrogens is 576 g/mol. The minimum atomic E-state index is -3.86. The van der Waals surface area contributed by atoms with Crippen LogP contribution in [0.15, 0.2) is 114 Å². The van der Waals surface area contributed by atoms with Crippen molar-refractivity contribution in [2.75, 3.05) is 0 Å². The summed E-state index contributed by atoms with van der Waals surface area (Å²) in [4.78, 5) is 28.7. The second-order valence-electron chi connectivity index (χ2n) is 11.6. The van der Waals surface area contributed by atoms with Crippen molar-refractivity contribution in [1.29, 1.82) is 0 Å². The van der Waals surface area contributed by atoms with E-state index in [2.05, 4.69) is 19.9 Å². The number of hydrogen-bond donors (Lipinski definition) is 2. The second-order valence-corrected chi connectivity index (χ2v) is 13.5. The summed E-state index contributed by atoms with van der Waals surface area (Å²) >= 11 is 0. The third kappa shape index (κ3) is 5.26. The number of aromatic nitrogens is 4. The van der Waals surface area contributed by atoms with Gasteiger partial charge in [-0.15, -0.1) is 0 Å². The summed E-state index contributed by atoms with van der Waals surface area (Å²) in [5.74, 6) is -1.19. The molecule has 1 aliphatic carbocycles. The normalized spacial score (nSPS) is 17.1. The molecule has 2 N–H and O–H groups in total. The van der Waals surface area contributed by atoms with Gasteiger partial charge in [-0.05, 0) is 41.0 Å². The predicted octanol–water partition coefficient (Wildman–Crippen LogP) is 5.41. The van der Waals surface area contributed by atoms with Gasteiger partial charge in [0.2, 0.25) is 9.84 Å². The molecule has 1 unspecified atom stereocenters. The molecule has 5 aromatic rings. The molecular formula is C34H30N4O5S. The quantitative estimate of drug-likeness (QED) is 0.159. The average molecular weight is 607 g/mol. The number of esters is 1. The van der Waals surface area contributed by atoms with Crippen molar-refractivity contribution >= 4 is 27.0 Å². The number of carbonyl (C=O) groups excluding carboxylic acids is 1. The predicted molar refractivity (Wildman–Crippen MR) is 163 cm³/mol. The molecule has 1 atom stereocenters. The molecule has 10 heteroatoms. The van der Waals surface area contributed by atoms with Crippen LogP contribution in [0.2, 0.25) is 0 Å². The van der Waals surface area contributed by atoms with Gasteiger partial charge in [0.25, 0.3) is 0 Å². The molecule has 0 saturated heterocycles. The summed E-state index contributed by atoms with van der Waals surface area (Å²) in [5, 5.41) is 11.9. The molecule has 2 aromatic heterocycles. The van der Waals surface area contributed by atoms with Crippen molar-refractivity contribution < 1.29 is 23.1 Å². The molecule has 0 radical (unpaired) electrons. The summed E-state index contributed by atoms with van der Waals surface area (Å²) in [6.45, 7) is 0. The molecule has 7 rings (SSSR count). The van der Waals surface area contributed by atoms with Gasteiger partial charge in [-0.2, -0.15) is 0 Å². The van der Waals surface area contributed by atoms with Gasteiger partial charge in [-0.3, -0.25) is 0 Å². The molecule has 2 aliphatic rings. The van der Waals surface area contributed by atoms with Crippen molar-refractivity contribution in [2.45, 2.75) is 48.0 Å². The SMILES string of the molecule is O=C1OC(Cc2ccccc2)(Cc2ccccc2)C(O)=C1C(c1cccc(CS(=O)(=O)c2ncnc3nc[nH]c23)c1)C1CC1. The molecule has 44 heavy (non-hydrogen) atoms. The maximum atomic E-state index is 13.8. The first-order valence-electron chi connectivity index (χ1n) is 14.5. The molecule has 0 spiro atoms. The lowest BCUT2D eigenvalue weighted by Crippen LogP contribution is -2.37. The highest BCUT2D eigenvalue weighted by atomic mass is 32.2. The Balaban J connectivity index is 1.26. The van der Waals surface area contributed by atoms with Crippen LogP contribution in [0.25, 0.3) is 11.2 Å². The van der Waals surface area contributed by atoms with E-state index in [-0.39, 0.29) is 39.2 Å². The van der Waals surface area contributed by atoms with Crippen LogP contribution in [-0.4, -0.2) is 45.0 Å². The molecule has 3 heterocycles. The maximum Gasteiger partial charge on any atom is 0.339 e. The van der Waals surface area contributed by atoms with Crippen LogP contribution in [0, 0.1) is 5.92 Å². The van der Waals surface area contributed by atoms with E-state index < -0.39 is 27.3 Å². The average Bonchev–Trinajstić information content (AvgIpc) is 3.68. The summed E-state index contributed by atoms with van der Waals surface area (Å²) in [6.07, 6.45) is 4.99. The summed E-state index contributed by atoms with van der Waals surface area (Å²) < 4.78 is 33.1. The third-order valence-electron chi connectivity index (χ3n) is 8.41. The minimum absolute atomic E-state index is 0.0484. The van der Waals surface area contributed by atoms with E-state index in [0.717, 1.165) is 29.5 Å². The Morgan fingerprint density at radius 3 is 2.20 bits per heavy atom. The van der Waals surface area contributed by atoms with E-state index >= 15 is 0 Å². The summed E-state index contributed by atoms with van der Waals surface area (Å²) in [7, 11) is -3.86. The molecule has 222 valence electrons. The van der Waals surface area contributed by atoms with Crippen LogP contribution < -0.4 is 0 Å². The van der Waals surface area contributed by atoms with Gasteiger partial charge < -0.3 is 14.8 Å². The van der Waals surface area contributed by atoms with E-state index in [4.69, 9.17) is 4.74 Å². The lowest BCUT2D eigenvalue weighted by atomic mass is 9.81. The largest absolute Gasteiger partial charge is 0.507 e. The summed E-state index contributed by atoms with van der Waals surface area (Å²) in [5.41, 5.74) is 2.73. The monoisotopic (exact) mass is 606 g/mol. The van der Waals surface area contributed by atoms with Crippen molar-refractivity contribution in [2.24, 2.45) is 5.92 Å². The Hall–Kier alpha value is -4.83. The molecule has 9 nitrogen and oxygen atoms in total. The molecule has 1 saturated carbocycles. The number of cyclic esters (lactones) is 1. The zero-order chi connectivity index (χ0) is 30.3. The molecule has 1 aliphatic heterocycles. The fourth-order valence-electron chi connectivity index (χ4n) is 6.30. The minimum Gasteiger partial charge on any atom is -0.507 e. The number of benzene rings is 3. The topological polar surface area (TPSA) is 135 Å². The molecule has 3 aromatic carbocycles. The first kappa shape index (κ1) is 28.0. The smallest absolute Gasteiger partial charge is 0.339 e. The highest BCUT2D eigenvalue weighted by molar-refractivity contribution is 7.90. The van der Waals surface area contributed by atoms with E-state index in [1.807, 2.05) is 72.8 Å².